The van der Waals surface area contributed by atoms with Crippen LogP contribution in [0.2, 0.25) is 0 Å². The molecule has 2 aromatic carbocycles. The average Bonchev–Trinajstić information content (AvgIpc) is 2.75. The first-order valence-corrected chi connectivity index (χ1v) is 10.1. The number of anilines is 1. The van der Waals surface area contributed by atoms with Gasteiger partial charge < -0.3 is 14.8 Å². The Balaban J connectivity index is 1.52. The number of benzene rings is 2. The van der Waals surface area contributed by atoms with Crippen molar-refractivity contribution in [2.45, 2.75) is 39.7 Å². The first-order chi connectivity index (χ1) is 14.4. The maximum absolute atomic E-state index is 12.9. The van der Waals surface area contributed by atoms with Crippen molar-refractivity contribution in [3.63, 3.8) is 0 Å². The molecule has 0 unspecified atom stereocenters. The Hall–Kier alpha value is -3.35. The van der Waals surface area contributed by atoms with Crippen LogP contribution in [0.1, 0.15) is 42.5 Å². The molecule has 4 rings (SSSR count). The molecule has 2 amide bonds. The van der Waals surface area contributed by atoms with Gasteiger partial charge in [0.25, 0.3) is 5.91 Å². The van der Waals surface area contributed by atoms with Crippen LogP contribution < -0.4 is 19.8 Å². The maximum Gasteiger partial charge on any atom is 0.267 e. The van der Waals surface area contributed by atoms with Gasteiger partial charge in [0.2, 0.25) is 5.91 Å². The van der Waals surface area contributed by atoms with Crippen LogP contribution >= 0.6 is 0 Å². The van der Waals surface area contributed by atoms with E-state index < -0.39 is 0 Å². The molecule has 1 atom stereocenters. The number of rotatable bonds is 4. The van der Waals surface area contributed by atoms with Crippen LogP contribution in [-0.4, -0.2) is 30.7 Å². The van der Waals surface area contributed by atoms with E-state index in [9.17, 15) is 9.59 Å². The van der Waals surface area contributed by atoms with Crippen LogP contribution in [0.15, 0.2) is 41.5 Å². The molecule has 2 aliphatic rings. The molecule has 30 heavy (non-hydrogen) atoms. The summed E-state index contributed by atoms with van der Waals surface area (Å²) in [6.45, 7) is 6.84. The monoisotopic (exact) mass is 407 g/mol. The van der Waals surface area contributed by atoms with Gasteiger partial charge in [-0.1, -0.05) is 18.2 Å². The smallest absolute Gasteiger partial charge is 0.267 e. The molecule has 0 radical (unpaired) electrons. The van der Waals surface area contributed by atoms with Gasteiger partial charge >= 0.3 is 0 Å². The van der Waals surface area contributed by atoms with Crippen LogP contribution in [-0.2, 0) is 9.59 Å². The summed E-state index contributed by atoms with van der Waals surface area (Å²) >= 11 is 0. The lowest BCUT2D eigenvalue weighted by Gasteiger charge is -2.25. The Morgan fingerprint density at radius 2 is 1.83 bits per heavy atom. The van der Waals surface area contributed by atoms with Crippen molar-refractivity contribution in [1.29, 1.82) is 0 Å². The highest BCUT2D eigenvalue weighted by atomic mass is 16.6. The summed E-state index contributed by atoms with van der Waals surface area (Å²) < 4.78 is 11.2. The maximum atomic E-state index is 12.9. The Kier molecular flexibility index (Phi) is 5.44. The molecule has 7 heteroatoms. The Bertz CT molecular complexity index is 1030. The van der Waals surface area contributed by atoms with Gasteiger partial charge in [-0.2, -0.15) is 5.10 Å². The topological polar surface area (TPSA) is 80.2 Å². The molecule has 2 aromatic rings. The van der Waals surface area contributed by atoms with Gasteiger partial charge in [0.15, 0.2) is 11.5 Å². The zero-order chi connectivity index (χ0) is 21.3. The summed E-state index contributed by atoms with van der Waals surface area (Å²) in [7, 11) is 0. The fourth-order valence-corrected chi connectivity index (χ4v) is 3.55. The highest BCUT2D eigenvalue weighted by molar-refractivity contribution is 6.40. The minimum absolute atomic E-state index is 0.111. The Morgan fingerprint density at radius 3 is 2.63 bits per heavy atom. The number of nitrogens with one attached hydrogen (secondary N) is 1. The Morgan fingerprint density at radius 1 is 1.07 bits per heavy atom. The number of nitrogens with zero attached hydrogens (tertiary/aromatic N) is 2. The largest absolute Gasteiger partial charge is 0.486 e. The van der Waals surface area contributed by atoms with Crippen molar-refractivity contribution in [3.8, 4) is 11.5 Å². The fraction of sp³-hybridized carbons (Fsp3) is 0.348. The normalized spacial score (nSPS) is 16.7. The van der Waals surface area contributed by atoms with Gasteiger partial charge in [0, 0.05) is 12.8 Å². The summed E-state index contributed by atoms with van der Waals surface area (Å²) in [5.41, 5.74) is 3.93. The molecule has 0 spiro atoms. The van der Waals surface area contributed by atoms with E-state index in [-0.39, 0.29) is 24.3 Å². The average molecular weight is 407 g/mol. The number of hydrazone groups is 1. The molecule has 0 saturated carbocycles. The third kappa shape index (κ3) is 4.01. The summed E-state index contributed by atoms with van der Waals surface area (Å²) in [6.07, 6.45) is 0.567. The quantitative estimate of drug-likeness (QED) is 0.842. The van der Waals surface area contributed by atoms with Crippen molar-refractivity contribution >= 4 is 23.2 Å². The standard InChI is InChI=1S/C23H25N3O4/c1-14-4-5-15(2)19(12-14)26-22(27)9-7-18(25-26)23(28)24-16(3)17-6-8-20-21(13-17)30-11-10-29-20/h4-6,8,12-13,16H,7,9-11H2,1-3H3,(H,24,28)/t16-/m1/s1. The van der Waals surface area contributed by atoms with E-state index in [2.05, 4.69) is 10.4 Å². The number of hydrogen-bond acceptors (Lipinski definition) is 5. The highest BCUT2D eigenvalue weighted by Crippen LogP contribution is 2.32. The molecule has 0 saturated heterocycles. The molecule has 2 heterocycles. The van der Waals surface area contributed by atoms with Gasteiger partial charge in [-0.3, -0.25) is 9.59 Å². The molecule has 0 aliphatic carbocycles. The second kappa shape index (κ2) is 8.18. The van der Waals surface area contributed by atoms with Crippen LogP contribution in [0.5, 0.6) is 11.5 Å². The van der Waals surface area contributed by atoms with E-state index in [1.165, 1.54) is 5.01 Å². The van der Waals surface area contributed by atoms with E-state index in [1.807, 2.05) is 57.2 Å². The highest BCUT2D eigenvalue weighted by Gasteiger charge is 2.27. The van der Waals surface area contributed by atoms with Crippen molar-refractivity contribution in [2.75, 3.05) is 18.2 Å². The second-order valence-electron chi connectivity index (χ2n) is 7.64. The first kappa shape index (κ1) is 19.9. The molecule has 0 bridgehead atoms. The van der Waals surface area contributed by atoms with E-state index in [1.54, 1.807) is 0 Å². The minimum atomic E-state index is -0.278. The molecule has 2 aliphatic heterocycles. The molecule has 0 aromatic heterocycles. The van der Waals surface area contributed by atoms with Gasteiger partial charge in [-0.15, -0.1) is 0 Å². The lowest BCUT2D eigenvalue weighted by atomic mass is 10.1. The first-order valence-electron chi connectivity index (χ1n) is 10.1. The third-order valence-electron chi connectivity index (χ3n) is 5.30. The van der Waals surface area contributed by atoms with Crippen LogP contribution in [0.25, 0.3) is 0 Å². The van der Waals surface area contributed by atoms with Crippen LogP contribution in [0.3, 0.4) is 0 Å². The lowest BCUT2D eigenvalue weighted by Crippen LogP contribution is -2.40. The number of amides is 2. The SMILES string of the molecule is Cc1ccc(C)c(N2N=C(C(=O)N[C@H](C)c3ccc4c(c3)OCCO4)CCC2=O)c1. The second-order valence-corrected chi connectivity index (χ2v) is 7.64. The fourth-order valence-electron chi connectivity index (χ4n) is 3.55. The number of aryl methyl sites for hydroxylation is 2. The summed E-state index contributed by atoms with van der Waals surface area (Å²) in [5.74, 6) is 1.00. The number of fused-ring (bicyclic) bond motifs is 1. The third-order valence-corrected chi connectivity index (χ3v) is 5.30. The van der Waals surface area contributed by atoms with Crippen LogP contribution in [0.4, 0.5) is 5.69 Å². The van der Waals surface area contributed by atoms with Crippen molar-refractivity contribution in [2.24, 2.45) is 5.10 Å². The van der Waals surface area contributed by atoms with Gasteiger partial charge in [0.05, 0.1) is 11.7 Å². The molecular formula is C23H25N3O4. The number of carbonyl (C=O) groups is 2. The van der Waals surface area contributed by atoms with Gasteiger partial charge in [-0.25, -0.2) is 5.01 Å². The summed E-state index contributed by atoms with van der Waals surface area (Å²) in [6, 6.07) is 11.2. The van der Waals surface area contributed by atoms with Crippen molar-refractivity contribution in [1.82, 2.24) is 5.32 Å². The van der Waals surface area contributed by atoms with E-state index in [0.29, 0.717) is 42.5 Å². The Labute approximate surface area is 175 Å². The van der Waals surface area contributed by atoms with Gasteiger partial charge in [-0.05, 0) is 55.7 Å². The number of hydrogen-bond donors (Lipinski definition) is 1. The number of carbonyl (C=O) groups excluding carboxylic acids is 2. The molecule has 7 nitrogen and oxygen atoms in total. The van der Waals surface area contributed by atoms with Crippen molar-refractivity contribution in [3.05, 3.63) is 53.1 Å². The zero-order valence-corrected chi connectivity index (χ0v) is 17.4. The lowest BCUT2D eigenvalue weighted by molar-refractivity contribution is -0.119. The molecular weight excluding hydrogens is 382 g/mol. The van der Waals surface area contributed by atoms with E-state index >= 15 is 0 Å². The predicted molar refractivity (Wildman–Crippen MR) is 114 cm³/mol. The zero-order valence-electron chi connectivity index (χ0n) is 17.4. The summed E-state index contributed by atoms with van der Waals surface area (Å²) in [4.78, 5) is 25.3. The molecule has 1 N–H and O–H groups in total. The van der Waals surface area contributed by atoms with E-state index in [4.69, 9.17) is 9.47 Å². The van der Waals surface area contributed by atoms with Crippen LogP contribution in [0, 0.1) is 13.8 Å². The number of ether oxygens (including phenoxy) is 2. The minimum Gasteiger partial charge on any atom is -0.486 e. The van der Waals surface area contributed by atoms with E-state index in [0.717, 1.165) is 16.7 Å². The molecule has 156 valence electrons. The molecule has 0 fully saturated rings. The van der Waals surface area contributed by atoms with Gasteiger partial charge in [0.1, 0.15) is 18.9 Å². The van der Waals surface area contributed by atoms with Crippen molar-refractivity contribution < 1.29 is 19.1 Å². The summed E-state index contributed by atoms with van der Waals surface area (Å²) in [5, 5.41) is 8.73. The predicted octanol–water partition coefficient (Wildman–Crippen LogP) is 3.43.